The van der Waals surface area contributed by atoms with E-state index in [1.807, 2.05) is 6.92 Å². The number of hydrogen-bond donors (Lipinski definition) is 3. The zero-order valence-corrected chi connectivity index (χ0v) is 16.9. The van der Waals surface area contributed by atoms with Crippen LogP contribution >= 0.6 is 11.6 Å². The summed E-state index contributed by atoms with van der Waals surface area (Å²) in [6.45, 7) is 1.81. The van der Waals surface area contributed by atoms with Crippen molar-refractivity contribution in [2.45, 2.75) is 24.7 Å². The van der Waals surface area contributed by atoms with E-state index >= 15 is 0 Å². The van der Waals surface area contributed by atoms with E-state index in [2.05, 4.69) is 15.4 Å². The molecule has 0 bridgehead atoms. The van der Waals surface area contributed by atoms with Gasteiger partial charge in [0, 0.05) is 17.3 Å². The fraction of sp³-hybridized carbons (Fsp3) is 0.263. The van der Waals surface area contributed by atoms with Gasteiger partial charge in [0.05, 0.1) is 15.5 Å². The molecule has 2 aromatic rings. The fourth-order valence-electron chi connectivity index (χ4n) is 2.58. The van der Waals surface area contributed by atoms with E-state index in [9.17, 15) is 18.0 Å². The van der Waals surface area contributed by atoms with Gasteiger partial charge < -0.3 is 10.6 Å². The highest BCUT2D eigenvalue weighted by Gasteiger charge is 2.29. The van der Waals surface area contributed by atoms with Crippen LogP contribution in [0.15, 0.2) is 41.3 Å². The quantitative estimate of drug-likeness (QED) is 0.666. The van der Waals surface area contributed by atoms with Gasteiger partial charge in [0.25, 0.3) is 5.91 Å². The average molecular weight is 422 g/mol. The molecule has 0 aromatic heterocycles. The number of anilines is 2. The van der Waals surface area contributed by atoms with Crippen LogP contribution in [0.2, 0.25) is 5.02 Å². The summed E-state index contributed by atoms with van der Waals surface area (Å²) in [7, 11) is -2.42. The van der Waals surface area contributed by atoms with Crippen LogP contribution in [0.25, 0.3) is 0 Å². The third-order valence-corrected chi connectivity index (χ3v) is 6.20. The molecule has 28 heavy (non-hydrogen) atoms. The molecule has 0 unspecified atom stereocenters. The monoisotopic (exact) mass is 421 g/mol. The van der Waals surface area contributed by atoms with Crippen molar-refractivity contribution in [1.29, 1.82) is 0 Å². The summed E-state index contributed by atoms with van der Waals surface area (Å²) in [4.78, 5) is 24.6. The van der Waals surface area contributed by atoms with Gasteiger partial charge in [0.2, 0.25) is 15.9 Å². The molecule has 0 saturated heterocycles. The fourth-order valence-corrected chi connectivity index (χ4v) is 3.54. The van der Waals surface area contributed by atoms with Crippen molar-refractivity contribution in [2.75, 3.05) is 17.7 Å². The lowest BCUT2D eigenvalue weighted by atomic mass is 10.1. The van der Waals surface area contributed by atoms with Gasteiger partial charge in [-0.15, -0.1) is 0 Å². The Balaban J connectivity index is 1.84. The highest BCUT2D eigenvalue weighted by atomic mass is 35.5. The number of hydrogen-bond acceptors (Lipinski definition) is 4. The van der Waals surface area contributed by atoms with Crippen LogP contribution in [0.1, 0.15) is 28.8 Å². The minimum absolute atomic E-state index is 0.0322. The Morgan fingerprint density at radius 1 is 1.07 bits per heavy atom. The number of rotatable bonds is 6. The highest BCUT2D eigenvalue weighted by Crippen LogP contribution is 2.31. The maximum atomic E-state index is 12.7. The zero-order chi connectivity index (χ0) is 20.5. The van der Waals surface area contributed by atoms with Gasteiger partial charge >= 0.3 is 0 Å². The van der Waals surface area contributed by atoms with E-state index in [4.69, 9.17) is 11.6 Å². The van der Waals surface area contributed by atoms with E-state index in [0.29, 0.717) is 11.4 Å². The summed E-state index contributed by atoms with van der Waals surface area (Å²) in [6.07, 6.45) is 1.79. The second kappa shape index (κ2) is 7.90. The van der Waals surface area contributed by atoms with Gasteiger partial charge in [0.15, 0.2) is 0 Å². The zero-order valence-electron chi connectivity index (χ0n) is 15.4. The molecule has 2 aromatic carbocycles. The third kappa shape index (κ3) is 4.52. The first-order chi connectivity index (χ1) is 13.2. The minimum Gasteiger partial charge on any atom is -0.326 e. The number of nitrogens with one attached hydrogen (secondary N) is 3. The van der Waals surface area contributed by atoms with Gasteiger partial charge in [-0.3, -0.25) is 9.59 Å². The molecule has 1 aliphatic rings. The Hall–Kier alpha value is -2.42. The van der Waals surface area contributed by atoms with E-state index in [1.165, 1.54) is 25.2 Å². The lowest BCUT2D eigenvalue weighted by molar-refractivity contribution is -0.117. The van der Waals surface area contributed by atoms with Crippen LogP contribution in [0.3, 0.4) is 0 Å². The second-order valence-electron chi connectivity index (χ2n) is 6.60. The van der Waals surface area contributed by atoms with Crippen LogP contribution in [-0.4, -0.2) is 27.3 Å². The molecule has 148 valence electrons. The van der Waals surface area contributed by atoms with Crippen LogP contribution < -0.4 is 15.4 Å². The molecule has 2 amide bonds. The number of amides is 2. The second-order valence-corrected chi connectivity index (χ2v) is 8.89. The van der Waals surface area contributed by atoms with Crippen LogP contribution in [0.4, 0.5) is 11.4 Å². The maximum Gasteiger partial charge on any atom is 0.257 e. The van der Waals surface area contributed by atoms with Crippen molar-refractivity contribution < 1.29 is 18.0 Å². The first-order valence-electron chi connectivity index (χ1n) is 8.67. The van der Waals surface area contributed by atoms with Gasteiger partial charge in [-0.05, 0) is 62.7 Å². The van der Waals surface area contributed by atoms with Crippen LogP contribution in [0.5, 0.6) is 0 Å². The maximum absolute atomic E-state index is 12.7. The van der Waals surface area contributed by atoms with Crippen molar-refractivity contribution in [2.24, 2.45) is 5.92 Å². The molecular weight excluding hydrogens is 402 g/mol. The van der Waals surface area contributed by atoms with Crippen molar-refractivity contribution in [3.63, 3.8) is 0 Å². The molecule has 1 aliphatic carbocycles. The Morgan fingerprint density at radius 3 is 2.43 bits per heavy atom. The normalized spacial score (nSPS) is 13.8. The number of sulfonamides is 1. The van der Waals surface area contributed by atoms with Gasteiger partial charge in [0.1, 0.15) is 0 Å². The summed E-state index contributed by atoms with van der Waals surface area (Å²) >= 11 is 6.10. The Bertz CT molecular complexity index is 1050. The molecule has 0 atom stereocenters. The van der Waals surface area contributed by atoms with E-state index in [0.717, 1.165) is 18.4 Å². The lowest BCUT2D eigenvalue weighted by Crippen LogP contribution is -2.20. The molecule has 3 N–H and O–H groups in total. The summed E-state index contributed by atoms with van der Waals surface area (Å²) in [5.41, 5.74) is 1.89. The summed E-state index contributed by atoms with van der Waals surface area (Å²) < 4.78 is 26.2. The Kier molecular flexibility index (Phi) is 5.74. The number of halogens is 1. The molecule has 3 rings (SSSR count). The SMILES string of the molecule is CNS(=O)(=O)c1ccc(Cl)c(C(=O)Nc2cc(NC(=O)C3CC3)ccc2C)c1. The number of aryl methyl sites for hydroxylation is 1. The highest BCUT2D eigenvalue weighted by molar-refractivity contribution is 7.89. The van der Waals surface area contributed by atoms with Gasteiger partial charge in [-0.2, -0.15) is 0 Å². The molecule has 1 saturated carbocycles. The van der Waals surface area contributed by atoms with Crippen molar-refractivity contribution in [3.05, 3.63) is 52.5 Å². The molecule has 9 heteroatoms. The molecule has 0 spiro atoms. The van der Waals surface area contributed by atoms with Crippen LogP contribution in [0, 0.1) is 12.8 Å². The molecule has 0 heterocycles. The van der Waals surface area contributed by atoms with E-state index < -0.39 is 15.9 Å². The van der Waals surface area contributed by atoms with Gasteiger partial charge in [-0.25, -0.2) is 13.1 Å². The van der Waals surface area contributed by atoms with Crippen LogP contribution in [-0.2, 0) is 14.8 Å². The number of carbonyl (C=O) groups is 2. The number of carbonyl (C=O) groups excluding carboxylic acids is 2. The predicted molar refractivity (Wildman–Crippen MR) is 108 cm³/mol. The average Bonchev–Trinajstić information content (AvgIpc) is 3.50. The summed E-state index contributed by atoms with van der Waals surface area (Å²) in [5, 5.41) is 5.69. The first kappa shape index (κ1) is 20.3. The van der Waals surface area contributed by atoms with E-state index in [1.54, 1.807) is 18.2 Å². The van der Waals surface area contributed by atoms with Gasteiger partial charge in [-0.1, -0.05) is 17.7 Å². The topological polar surface area (TPSA) is 104 Å². The summed E-state index contributed by atoms with van der Waals surface area (Å²) in [5.74, 6) is -0.518. The van der Waals surface area contributed by atoms with Crippen molar-refractivity contribution in [1.82, 2.24) is 4.72 Å². The largest absolute Gasteiger partial charge is 0.326 e. The smallest absolute Gasteiger partial charge is 0.257 e. The van der Waals surface area contributed by atoms with Crippen molar-refractivity contribution >= 4 is 44.8 Å². The molecule has 0 radical (unpaired) electrons. The minimum atomic E-state index is -3.71. The molecular formula is C19H20ClN3O4S. The Morgan fingerprint density at radius 2 is 1.79 bits per heavy atom. The third-order valence-electron chi connectivity index (χ3n) is 4.46. The summed E-state index contributed by atoms with van der Waals surface area (Å²) in [6, 6.07) is 9.11. The first-order valence-corrected chi connectivity index (χ1v) is 10.5. The van der Waals surface area contributed by atoms with E-state index in [-0.39, 0.29) is 27.3 Å². The van der Waals surface area contributed by atoms with Crippen molar-refractivity contribution in [3.8, 4) is 0 Å². The predicted octanol–water partition coefficient (Wildman–Crippen LogP) is 3.16. The Labute approximate surface area is 168 Å². The molecule has 1 fully saturated rings. The number of benzene rings is 2. The molecule has 7 nitrogen and oxygen atoms in total. The standard InChI is InChI=1S/C19H20ClN3O4S/c1-11-3-6-13(22-18(24)12-4-5-12)9-17(11)23-19(25)15-10-14(7-8-16(15)20)28(26,27)21-2/h3,6-10,12,21H,4-5H2,1-2H3,(H,22,24)(H,23,25). The lowest BCUT2D eigenvalue weighted by Gasteiger charge is -2.13. The molecule has 0 aliphatic heterocycles.